The van der Waals surface area contributed by atoms with Gasteiger partial charge in [-0.15, -0.1) is 0 Å². The van der Waals surface area contributed by atoms with E-state index in [4.69, 9.17) is 23.7 Å². The fraction of sp³-hybridized carbons (Fsp3) is 0.872. The van der Waals surface area contributed by atoms with E-state index < -0.39 is 24.0 Å². The fourth-order valence-electron chi connectivity index (χ4n) is 5.15. The third-order valence-corrected chi connectivity index (χ3v) is 8.22. The van der Waals surface area contributed by atoms with E-state index in [1.54, 1.807) is 0 Å². The van der Waals surface area contributed by atoms with Crippen LogP contribution >= 0.6 is 0 Å². The van der Waals surface area contributed by atoms with Crippen LogP contribution in [-0.2, 0) is 47.7 Å². The average molecular weight is 714 g/mol. The summed E-state index contributed by atoms with van der Waals surface area (Å²) >= 11 is 0. The molecule has 11 heteroatoms. The molecule has 0 fully saturated rings. The van der Waals surface area contributed by atoms with Crippen LogP contribution in [0.25, 0.3) is 0 Å². The lowest BCUT2D eigenvalue weighted by atomic mass is 10.1. The first kappa shape index (κ1) is 47.3. The van der Waals surface area contributed by atoms with Crippen molar-refractivity contribution in [2.45, 2.75) is 174 Å². The predicted molar refractivity (Wildman–Crippen MR) is 194 cm³/mol. The predicted octanol–water partition coefficient (Wildman–Crippen LogP) is 8.03. The highest BCUT2D eigenvalue weighted by molar-refractivity contribution is 5.99. The molecule has 0 N–H and O–H groups in total. The van der Waals surface area contributed by atoms with E-state index in [0.717, 1.165) is 77.0 Å². The lowest BCUT2D eigenvalue weighted by molar-refractivity contribution is -0.180. The first-order valence-electron chi connectivity index (χ1n) is 19.7. The van der Waals surface area contributed by atoms with Gasteiger partial charge in [0.05, 0.1) is 26.4 Å². The minimum Gasteiger partial charge on any atom is -0.466 e. The Morgan fingerprint density at radius 3 is 1.16 bits per heavy atom. The van der Waals surface area contributed by atoms with Crippen LogP contribution in [0.15, 0.2) is 0 Å². The van der Waals surface area contributed by atoms with Crippen molar-refractivity contribution >= 4 is 29.8 Å². The number of ether oxygens (including phenoxy) is 5. The van der Waals surface area contributed by atoms with Gasteiger partial charge in [0.15, 0.2) is 0 Å². The van der Waals surface area contributed by atoms with Crippen molar-refractivity contribution in [3.8, 4) is 0 Å². The van der Waals surface area contributed by atoms with Gasteiger partial charge in [-0.1, -0.05) is 104 Å². The average Bonchev–Trinajstić information content (AvgIpc) is 3.08. The second kappa shape index (κ2) is 34.7. The molecular formula is C39H71NO10. The molecule has 0 aromatic heterocycles. The monoisotopic (exact) mass is 714 g/mol. The highest BCUT2D eigenvalue weighted by Crippen LogP contribution is 2.11. The van der Waals surface area contributed by atoms with E-state index >= 15 is 0 Å². The summed E-state index contributed by atoms with van der Waals surface area (Å²) in [4.78, 5) is 63.6. The molecule has 11 nitrogen and oxygen atoms in total. The highest BCUT2D eigenvalue weighted by Gasteiger charge is 2.34. The number of carbonyl (C=O) groups is 5. The number of rotatable bonds is 35. The molecule has 0 amide bonds. The van der Waals surface area contributed by atoms with Crippen LogP contribution in [0.2, 0.25) is 0 Å². The molecule has 292 valence electrons. The molecule has 0 saturated carbocycles. The van der Waals surface area contributed by atoms with Crippen molar-refractivity contribution in [1.82, 2.24) is 4.90 Å². The van der Waals surface area contributed by atoms with Crippen molar-refractivity contribution in [2.75, 3.05) is 47.1 Å². The summed E-state index contributed by atoms with van der Waals surface area (Å²) < 4.78 is 26.4. The zero-order valence-corrected chi connectivity index (χ0v) is 32.1. The van der Waals surface area contributed by atoms with E-state index in [9.17, 15) is 24.0 Å². The largest absolute Gasteiger partial charge is 0.466 e. The number of unbranched alkanes of at least 4 members (excludes halogenated alkanes) is 16. The SMILES string of the molecule is CCCCCCCOC(=O)CCCCCCCOC(=O)C(OC(=O)CCCN(C)C)C(=O)OCCCCCCCC(=O)OCCCCCCC. The Balaban J connectivity index is 4.29. The molecule has 50 heavy (non-hydrogen) atoms. The van der Waals surface area contributed by atoms with E-state index in [1.807, 2.05) is 19.0 Å². The van der Waals surface area contributed by atoms with Crippen LogP contribution in [0.3, 0.4) is 0 Å². The molecule has 0 unspecified atom stereocenters. The van der Waals surface area contributed by atoms with Gasteiger partial charge in [0.25, 0.3) is 6.10 Å². The van der Waals surface area contributed by atoms with Crippen LogP contribution in [-0.4, -0.2) is 87.9 Å². The highest BCUT2D eigenvalue weighted by atomic mass is 16.6. The number of nitrogens with zero attached hydrogens (tertiary/aromatic N) is 1. The summed E-state index contributed by atoms with van der Waals surface area (Å²) in [7, 11) is 3.78. The molecular weight excluding hydrogens is 642 g/mol. The minimum atomic E-state index is -1.75. The zero-order chi connectivity index (χ0) is 37.1. The Hall–Kier alpha value is -2.69. The molecule has 0 aliphatic rings. The third-order valence-electron chi connectivity index (χ3n) is 8.22. The van der Waals surface area contributed by atoms with Gasteiger partial charge in [0, 0.05) is 19.3 Å². The maximum absolute atomic E-state index is 12.8. The summed E-state index contributed by atoms with van der Waals surface area (Å²) in [5, 5.41) is 0. The summed E-state index contributed by atoms with van der Waals surface area (Å²) in [5.74, 6) is -2.82. The summed E-state index contributed by atoms with van der Waals surface area (Å²) in [6, 6.07) is 0. The van der Waals surface area contributed by atoms with E-state index in [1.165, 1.54) is 38.5 Å². The van der Waals surface area contributed by atoms with Crippen molar-refractivity contribution in [2.24, 2.45) is 0 Å². The van der Waals surface area contributed by atoms with Crippen molar-refractivity contribution < 1.29 is 47.7 Å². The summed E-state index contributed by atoms with van der Waals surface area (Å²) in [5.41, 5.74) is 0. The number of hydrogen-bond acceptors (Lipinski definition) is 11. The van der Waals surface area contributed by atoms with Crippen LogP contribution in [0.4, 0.5) is 0 Å². The molecule has 0 heterocycles. The molecule has 0 rings (SSSR count). The minimum absolute atomic E-state index is 0.0637. The van der Waals surface area contributed by atoms with Gasteiger partial charge in [0.1, 0.15) is 0 Å². The second-order valence-corrected chi connectivity index (χ2v) is 13.4. The van der Waals surface area contributed by atoms with Gasteiger partial charge < -0.3 is 28.6 Å². The van der Waals surface area contributed by atoms with Crippen LogP contribution in [0.1, 0.15) is 168 Å². The lowest BCUT2D eigenvalue weighted by Crippen LogP contribution is -2.38. The Labute approximate surface area is 303 Å². The molecule has 0 aromatic carbocycles. The maximum Gasteiger partial charge on any atom is 0.359 e. The fourth-order valence-corrected chi connectivity index (χ4v) is 5.15. The molecule has 0 aliphatic carbocycles. The van der Waals surface area contributed by atoms with Gasteiger partial charge >= 0.3 is 29.8 Å². The van der Waals surface area contributed by atoms with Crippen molar-refractivity contribution in [3.05, 3.63) is 0 Å². The second-order valence-electron chi connectivity index (χ2n) is 13.4. The summed E-state index contributed by atoms with van der Waals surface area (Å²) in [6.07, 6.45) is 18.6. The number of hydrogen-bond donors (Lipinski definition) is 0. The van der Waals surface area contributed by atoms with Crippen molar-refractivity contribution in [3.63, 3.8) is 0 Å². The van der Waals surface area contributed by atoms with E-state index in [2.05, 4.69) is 13.8 Å². The van der Waals surface area contributed by atoms with Crippen LogP contribution < -0.4 is 0 Å². The van der Waals surface area contributed by atoms with E-state index in [0.29, 0.717) is 51.9 Å². The molecule has 0 bridgehead atoms. The zero-order valence-electron chi connectivity index (χ0n) is 32.1. The molecule has 0 radical (unpaired) electrons. The number of carbonyl (C=O) groups excluding carboxylic acids is 5. The molecule has 0 aromatic rings. The van der Waals surface area contributed by atoms with Crippen molar-refractivity contribution in [1.29, 1.82) is 0 Å². The lowest BCUT2D eigenvalue weighted by Gasteiger charge is -2.16. The third kappa shape index (κ3) is 31.3. The first-order chi connectivity index (χ1) is 24.2. The molecule has 0 aliphatic heterocycles. The van der Waals surface area contributed by atoms with Crippen LogP contribution in [0.5, 0.6) is 0 Å². The Bertz CT molecular complexity index is 823. The Kier molecular flexibility index (Phi) is 32.9. The van der Waals surface area contributed by atoms with Gasteiger partial charge in [-0.25, -0.2) is 9.59 Å². The quantitative estimate of drug-likeness (QED) is 0.0273. The summed E-state index contributed by atoms with van der Waals surface area (Å²) in [6.45, 7) is 6.17. The first-order valence-corrected chi connectivity index (χ1v) is 19.7. The van der Waals surface area contributed by atoms with Gasteiger partial charge in [-0.05, 0) is 65.6 Å². The topological polar surface area (TPSA) is 135 Å². The van der Waals surface area contributed by atoms with Gasteiger partial charge in [-0.3, -0.25) is 14.4 Å². The Morgan fingerprint density at radius 2 is 0.760 bits per heavy atom. The standard InChI is InChI=1S/C39H71NO10/c1-5-7-9-15-21-30-46-34(41)26-19-13-11-17-23-32-48-38(44)37(50-36(43)28-25-29-40(3)4)39(45)49-33-24-18-12-14-20-27-35(42)47-31-22-16-10-8-6-2/h37H,5-33H2,1-4H3. The Morgan fingerprint density at radius 1 is 0.420 bits per heavy atom. The number of esters is 5. The van der Waals surface area contributed by atoms with Gasteiger partial charge in [0.2, 0.25) is 0 Å². The molecule has 0 saturated heterocycles. The molecule has 0 spiro atoms. The van der Waals surface area contributed by atoms with E-state index in [-0.39, 0.29) is 31.6 Å². The smallest absolute Gasteiger partial charge is 0.359 e. The van der Waals surface area contributed by atoms with Crippen LogP contribution in [0, 0.1) is 0 Å². The maximum atomic E-state index is 12.8. The normalized spacial score (nSPS) is 11.1. The molecule has 0 atom stereocenters. The van der Waals surface area contributed by atoms with Gasteiger partial charge in [-0.2, -0.15) is 0 Å².